The van der Waals surface area contributed by atoms with Crippen molar-refractivity contribution in [2.45, 2.75) is 6.04 Å². The summed E-state index contributed by atoms with van der Waals surface area (Å²) in [5.74, 6) is 0. The van der Waals surface area contributed by atoms with Crippen molar-refractivity contribution in [2.75, 3.05) is 33.2 Å². The molecule has 1 aromatic heterocycles. The van der Waals surface area contributed by atoms with Crippen LogP contribution in [0, 0.1) is 0 Å². The van der Waals surface area contributed by atoms with Crippen LogP contribution in [0.1, 0.15) is 17.2 Å². The molecule has 1 fully saturated rings. The minimum atomic E-state index is 0.318. The SMILES string of the molecule is CN1CCN(C(c2ccccc2)c2cccnc2)CC1. The lowest BCUT2D eigenvalue weighted by Crippen LogP contribution is -2.46. The molecule has 2 aromatic rings. The number of aromatic nitrogens is 1. The van der Waals surface area contributed by atoms with Crippen LogP contribution < -0.4 is 0 Å². The van der Waals surface area contributed by atoms with Crippen LogP contribution in [-0.2, 0) is 0 Å². The van der Waals surface area contributed by atoms with Crippen molar-refractivity contribution < 1.29 is 0 Å². The van der Waals surface area contributed by atoms with Gasteiger partial charge in [0.05, 0.1) is 6.04 Å². The van der Waals surface area contributed by atoms with Gasteiger partial charge in [-0.05, 0) is 24.2 Å². The number of hydrogen-bond acceptors (Lipinski definition) is 3. The van der Waals surface area contributed by atoms with Crippen LogP contribution in [0.25, 0.3) is 0 Å². The van der Waals surface area contributed by atoms with Gasteiger partial charge in [0, 0.05) is 38.6 Å². The number of rotatable bonds is 3. The summed E-state index contributed by atoms with van der Waals surface area (Å²) in [5.41, 5.74) is 2.63. The summed E-state index contributed by atoms with van der Waals surface area (Å²) in [6.45, 7) is 4.46. The summed E-state index contributed by atoms with van der Waals surface area (Å²) in [5, 5.41) is 0. The number of pyridine rings is 1. The minimum Gasteiger partial charge on any atom is -0.304 e. The lowest BCUT2D eigenvalue weighted by Gasteiger charge is -2.38. The molecule has 1 unspecified atom stereocenters. The van der Waals surface area contributed by atoms with Crippen molar-refractivity contribution >= 4 is 0 Å². The lowest BCUT2D eigenvalue weighted by molar-refractivity contribution is 0.127. The maximum atomic E-state index is 4.30. The zero-order valence-electron chi connectivity index (χ0n) is 11.9. The summed E-state index contributed by atoms with van der Waals surface area (Å²) >= 11 is 0. The molecule has 1 atom stereocenters. The fourth-order valence-corrected chi connectivity index (χ4v) is 2.87. The Kier molecular flexibility index (Phi) is 4.09. The van der Waals surface area contributed by atoms with Gasteiger partial charge in [0.25, 0.3) is 0 Å². The molecule has 104 valence electrons. The average Bonchev–Trinajstić information content (AvgIpc) is 2.52. The zero-order chi connectivity index (χ0) is 13.8. The highest BCUT2D eigenvalue weighted by Crippen LogP contribution is 2.28. The highest BCUT2D eigenvalue weighted by Gasteiger charge is 2.25. The molecule has 3 rings (SSSR count). The van der Waals surface area contributed by atoms with Crippen LogP contribution in [-0.4, -0.2) is 48.0 Å². The van der Waals surface area contributed by atoms with Crippen molar-refractivity contribution in [1.82, 2.24) is 14.8 Å². The van der Waals surface area contributed by atoms with E-state index in [9.17, 15) is 0 Å². The summed E-state index contributed by atoms with van der Waals surface area (Å²) in [4.78, 5) is 9.26. The van der Waals surface area contributed by atoms with Crippen molar-refractivity contribution in [3.05, 3.63) is 66.0 Å². The maximum absolute atomic E-state index is 4.30. The van der Waals surface area contributed by atoms with Gasteiger partial charge in [-0.15, -0.1) is 0 Å². The minimum absolute atomic E-state index is 0.318. The molecular formula is C17H21N3. The highest BCUT2D eigenvalue weighted by molar-refractivity contribution is 5.30. The Morgan fingerprint density at radius 1 is 0.900 bits per heavy atom. The molecule has 0 N–H and O–H groups in total. The number of piperazine rings is 1. The fraction of sp³-hybridized carbons (Fsp3) is 0.353. The van der Waals surface area contributed by atoms with E-state index in [1.807, 2.05) is 18.5 Å². The van der Waals surface area contributed by atoms with Crippen molar-refractivity contribution in [1.29, 1.82) is 0 Å². The average molecular weight is 267 g/mol. The largest absolute Gasteiger partial charge is 0.304 e. The van der Waals surface area contributed by atoms with Crippen LogP contribution in [0.2, 0.25) is 0 Å². The van der Waals surface area contributed by atoms with E-state index in [-0.39, 0.29) is 0 Å². The first-order valence-electron chi connectivity index (χ1n) is 7.22. The van der Waals surface area contributed by atoms with E-state index in [0.717, 1.165) is 26.2 Å². The Morgan fingerprint density at radius 2 is 1.60 bits per heavy atom. The first-order valence-corrected chi connectivity index (χ1v) is 7.22. The Hall–Kier alpha value is -1.71. The van der Waals surface area contributed by atoms with E-state index < -0.39 is 0 Å². The monoisotopic (exact) mass is 267 g/mol. The molecule has 0 radical (unpaired) electrons. The summed E-state index contributed by atoms with van der Waals surface area (Å²) < 4.78 is 0. The van der Waals surface area contributed by atoms with Crippen LogP contribution in [0.3, 0.4) is 0 Å². The molecule has 0 bridgehead atoms. The second kappa shape index (κ2) is 6.16. The molecule has 1 aromatic carbocycles. The molecule has 20 heavy (non-hydrogen) atoms. The predicted octanol–water partition coefficient (Wildman–Crippen LogP) is 2.42. The molecule has 2 heterocycles. The molecule has 0 saturated carbocycles. The third-order valence-electron chi connectivity index (χ3n) is 4.02. The van der Waals surface area contributed by atoms with Crippen molar-refractivity contribution in [3.63, 3.8) is 0 Å². The van der Waals surface area contributed by atoms with E-state index in [0.29, 0.717) is 6.04 Å². The smallest absolute Gasteiger partial charge is 0.0617 e. The second-order valence-corrected chi connectivity index (χ2v) is 5.44. The van der Waals surface area contributed by atoms with Crippen LogP contribution >= 0.6 is 0 Å². The fourth-order valence-electron chi connectivity index (χ4n) is 2.87. The number of nitrogens with zero attached hydrogens (tertiary/aromatic N) is 3. The molecule has 0 aliphatic carbocycles. The maximum Gasteiger partial charge on any atom is 0.0617 e. The molecule has 1 saturated heterocycles. The van der Waals surface area contributed by atoms with Gasteiger partial charge in [0.15, 0.2) is 0 Å². The molecule has 0 amide bonds. The third-order valence-corrected chi connectivity index (χ3v) is 4.02. The Balaban J connectivity index is 1.92. The van der Waals surface area contributed by atoms with E-state index in [1.54, 1.807) is 0 Å². The van der Waals surface area contributed by atoms with Crippen LogP contribution in [0.5, 0.6) is 0 Å². The first-order chi connectivity index (χ1) is 9.84. The standard InChI is InChI=1S/C17H21N3/c1-19-10-12-20(13-11-19)17(15-6-3-2-4-7-15)16-8-5-9-18-14-16/h2-9,14,17H,10-13H2,1H3. The van der Waals surface area contributed by atoms with Gasteiger partial charge < -0.3 is 4.90 Å². The number of hydrogen-bond donors (Lipinski definition) is 0. The Labute approximate surface area is 120 Å². The Morgan fingerprint density at radius 3 is 2.25 bits per heavy atom. The summed E-state index contributed by atoms with van der Waals surface area (Å²) in [6, 6.07) is 15.3. The van der Waals surface area contributed by atoms with Crippen molar-refractivity contribution in [3.8, 4) is 0 Å². The number of likely N-dealkylation sites (N-methyl/N-ethyl adjacent to an activating group) is 1. The van der Waals surface area contributed by atoms with E-state index in [1.165, 1.54) is 11.1 Å². The molecule has 0 spiro atoms. The molecule has 3 heteroatoms. The predicted molar refractivity (Wildman–Crippen MR) is 81.6 cm³/mol. The normalized spacial score (nSPS) is 18.9. The molecule has 1 aliphatic heterocycles. The van der Waals surface area contributed by atoms with Gasteiger partial charge in [-0.25, -0.2) is 0 Å². The second-order valence-electron chi connectivity index (χ2n) is 5.44. The zero-order valence-corrected chi connectivity index (χ0v) is 11.9. The topological polar surface area (TPSA) is 19.4 Å². The quantitative estimate of drug-likeness (QED) is 0.851. The Bertz CT molecular complexity index is 479. The van der Waals surface area contributed by atoms with Gasteiger partial charge in [-0.3, -0.25) is 9.88 Å². The van der Waals surface area contributed by atoms with Crippen LogP contribution in [0.15, 0.2) is 54.9 Å². The van der Waals surface area contributed by atoms with E-state index in [2.05, 4.69) is 58.2 Å². The van der Waals surface area contributed by atoms with Crippen LogP contribution in [0.4, 0.5) is 0 Å². The number of benzene rings is 1. The lowest BCUT2D eigenvalue weighted by atomic mass is 9.98. The third kappa shape index (κ3) is 2.89. The van der Waals surface area contributed by atoms with Gasteiger partial charge in [-0.1, -0.05) is 36.4 Å². The molecule has 3 nitrogen and oxygen atoms in total. The summed E-state index contributed by atoms with van der Waals surface area (Å²) in [7, 11) is 2.19. The van der Waals surface area contributed by atoms with E-state index >= 15 is 0 Å². The first kappa shape index (κ1) is 13.3. The van der Waals surface area contributed by atoms with E-state index in [4.69, 9.17) is 0 Å². The van der Waals surface area contributed by atoms with Crippen molar-refractivity contribution in [2.24, 2.45) is 0 Å². The van der Waals surface area contributed by atoms with Gasteiger partial charge >= 0.3 is 0 Å². The summed E-state index contributed by atoms with van der Waals surface area (Å²) in [6.07, 6.45) is 3.84. The highest BCUT2D eigenvalue weighted by atomic mass is 15.3. The molecule has 1 aliphatic rings. The van der Waals surface area contributed by atoms with Gasteiger partial charge in [0.2, 0.25) is 0 Å². The molecular weight excluding hydrogens is 246 g/mol. The van der Waals surface area contributed by atoms with Gasteiger partial charge in [-0.2, -0.15) is 0 Å². The van der Waals surface area contributed by atoms with Gasteiger partial charge in [0.1, 0.15) is 0 Å².